The molecular formula is C17H36O4Si. The van der Waals surface area contributed by atoms with Crippen LogP contribution in [0.4, 0.5) is 0 Å². The Kier molecular flexibility index (Phi) is 5.64. The van der Waals surface area contributed by atoms with E-state index in [0.717, 1.165) is 0 Å². The van der Waals surface area contributed by atoms with Gasteiger partial charge in [0.1, 0.15) is 6.10 Å². The van der Waals surface area contributed by atoms with Crippen LogP contribution in [-0.4, -0.2) is 44.6 Å². The van der Waals surface area contributed by atoms with E-state index in [0.29, 0.717) is 6.42 Å². The molecule has 1 aliphatic heterocycles. The molecule has 0 spiro atoms. The molecule has 5 heteroatoms. The van der Waals surface area contributed by atoms with Crippen LogP contribution in [-0.2, 0) is 13.9 Å². The fourth-order valence-electron chi connectivity index (χ4n) is 3.48. The molecule has 0 aromatic carbocycles. The smallest absolute Gasteiger partial charge is 0.200 e. The first kappa shape index (κ1) is 20.1. The Labute approximate surface area is 137 Å². The highest BCUT2D eigenvalue weighted by molar-refractivity contribution is 6.78. The zero-order chi connectivity index (χ0) is 17.6. The molecular weight excluding hydrogens is 296 g/mol. The van der Waals surface area contributed by atoms with Crippen molar-refractivity contribution in [1.29, 1.82) is 0 Å². The molecule has 4 atom stereocenters. The van der Waals surface area contributed by atoms with E-state index in [2.05, 4.69) is 48.1 Å². The molecule has 132 valence electrons. The lowest BCUT2D eigenvalue weighted by Crippen LogP contribution is -2.57. The first-order valence-electron chi connectivity index (χ1n) is 8.24. The molecule has 1 saturated heterocycles. The minimum absolute atomic E-state index is 0.0879. The van der Waals surface area contributed by atoms with Gasteiger partial charge in [0.15, 0.2) is 6.29 Å². The number of ether oxygens (including phenoxy) is 2. The maximum absolute atomic E-state index is 10.7. The SMILES string of the molecule is COC1C[C@@](C)(O)[C@@H]([C@H](C)O[Si](C)(C(C)(C)C)C(C)(C)C)O1. The van der Waals surface area contributed by atoms with Crippen LogP contribution in [0.1, 0.15) is 61.8 Å². The van der Waals surface area contributed by atoms with E-state index < -0.39 is 13.9 Å². The maximum atomic E-state index is 10.7. The topological polar surface area (TPSA) is 47.9 Å². The van der Waals surface area contributed by atoms with Crippen molar-refractivity contribution in [3.8, 4) is 0 Å². The van der Waals surface area contributed by atoms with Crippen molar-refractivity contribution in [2.75, 3.05) is 7.11 Å². The first-order valence-corrected chi connectivity index (χ1v) is 10.6. The molecule has 0 bridgehead atoms. The molecule has 0 radical (unpaired) electrons. The average molecular weight is 333 g/mol. The predicted molar refractivity (Wildman–Crippen MR) is 92.5 cm³/mol. The van der Waals surface area contributed by atoms with Gasteiger partial charge in [0.2, 0.25) is 8.32 Å². The van der Waals surface area contributed by atoms with Crippen molar-refractivity contribution in [1.82, 2.24) is 0 Å². The first-order chi connectivity index (χ1) is 9.65. The molecule has 0 amide bonds. The lowest BCUT2D eigenvalue weighted by Gasteiger charge is -2.50. The van der Waals surface area contributed by atoms with E-state index in [1.54, 1.807) is 7.11 Å². The molecule has 1 heterocycles. The fourth-order valence-corrected chi connectivity index (χ4v) is 7.30. The second kappa shape index (κ2) is 6.17. The summed E-state index contributed by atoms with van der Waals surface area (Å²) in [5.41, 5.74) is -0.925. The van der Waals surface area contributed by atoms with Gasteiger partial charge >= 0.3 is 0 Å². The van der Waals surface area contributed by atoms with Crippen LogP contribution in [0.25, 0.3) is 0 Å². The molecule has 22 heavy (non-hydrogen) atoms. The number of aliphatic hydroxyl groups is 1. The van der Waals surface area contributed by atoms with Crippen molar-refractivity contribution >= 4 is 8.32 Å². The third kappa shape index (κ3) is 3.75. The van der Waals surface area contributed by atoms with Gasteiger partial charge in [-0.1, -0.05) is 41.5 Å². The minimum atomic E-state index is -2.11. The summed E-state index contributed by atoms with van der Waals surface area (Å²) in [4.78, 5) is 0. The number of hydrogen-bond acceptors (Lipinski definition) is 4. The van der Waals surface area contributed by atoms with Crippen molar-refractivity contribution in [3.05, 3.63) is 0 Å². The summed E-state index contributed by atoms with van der Waals surface area (Å²) < 4.78 is 17.8. The normalized spacial score (nSPS) is 32.3. The Morgan fingerprint density at radius 1 is 1.18 bits per heavy atom. The number of rotatable bonds is 4. The van der Waals surface area contributed by atoms with Crippen LogP contribution in [0, 0.1) is 0 Å². The number of methoxy groups -OCH3 is 1. The van der Waals surface area contributed by atoms with Crippen LogP contribution in [0.2, 0.25) is 16.6 Å². The Bertz CT molecular complexity index is 367. The van der Waals surface area contributed by atoms with E-state index in [4.69, 9.17) is 13.9 Å². The van der Waals surface area contributed by atoms with Crippen molar-refractivity contribution < 1.29 is 19.0 Å². The second-order valence-corrected chi connectivity index (χ2v) is 14.4. The highest BCUT2D eigenvalue weighted by atomic mass is 28.4. The zero-order valence-corrected chi connectivity index (χ0v) is 17.1. The molecule has 1 N–H and O–H groups in total. The van der Waals surface area contributed by atoms with E-state index in [1.807, 2.05) is 13.8 Å². The molecule has 0 aromatic heterocycles. The van der Waals surface area contributed by atoms with E-state index in [1.165, 1.54) is 0 Å². The predicted octanol–water partition coefficient (Wildman–Crippen LogP) is 4.08. The molecule has 0 aromatic rings. The monoisotopic (exact) mass is 332 g/mol. The molecule has 1 fully saturated rings. The Balaban J connectivity index is 3.01. The van der Waals surface area contributed by atoms with Crippen molar-refractivity contribution in [2.45, 2.75) is 103 Å². The molecule has 1 rings (SSSR count). The third-order valence-corrected chi connectivity index (χ3v) is 12.0. The van der Waals surface area contributed by atoms with Gasteiger partial charge in [-0.25, -0.2) is 0 Å². The maximum Gasteiger partial charge on any atom is 0.200 e. The third-order valence-electron chi connectivity index (χ3n) is 5.46. The fraction of sp³-hybridized carbons (Fsp3) is 1.00. The van der Waals surface area contributed by atoms with Gasteiger partial charge in [-0.3, -0.25) is 0 Å². The highest BCUT2D eigenvalue weighted by Gasteiger charge is 2.55. The Morgan fingerprint density at radius 3 is 1.95 bits per heavy atom. The van der Waals surface area contributed by atoms with Gasteiger partial charge in [-0.05, 0) is 30.5 Å². The zero-order valence-electron chi connectivity index (χ0n) is 16.1. The quantitative estimate of drug-likeness (QED) is 0.788. The molecule has 1 aliphatic rings. The molecule has 0 saturated carbocycles. The molecule has 0 aliphatic carbocycles. The summed E-state index contributed by atoms with van der Waals surface area (Å²) in [6, 6.07) is 0. The number of hydrogen-bond donors (Lipinski definition) is 1. The van der Waals surface area contributed by atoms with Gasteiger partial charge in [0.25, 0.3) is 0 Å². The van der Waals surface area contributed by atoms with Crippen molar-refractivity contribution in [2.24, 2.45) is 0 Å². The summed E-state index contributed by atoms with van der Waals surface area (Å²) >= 11 is 0. The Hall–Kier alpha value is 0.0569. The van der Waals surface area contributed by atoms with Crippen LogP contribution >= 0.6 is 0 Å². The van der Waals surface area contributed by atoms with Crippen LogP contribution in [0.15, 0.2) is 0 Å². The highest BCUT2D eigenvalue weighted by Crippen LogP contribution is 2.52. The van der Waals surface area contributed by atoms with Crippen LogP contribution < -0.4 is 0 Å². The molecule has 4 nitrogen and oxygen atoms in total. The van der Waals surface area contributed by atoms with Gasteiger partial charge < -0.3 is 19.0 Å². The average Bonchev–Trinajstić information content (AvgIpc) is 2.61. The lowest BCUT2D eigenvalue weighted by molar-refractivity contribution is -0.148. The summed E-state index contributed by atoms with van der Waals surface area (Å²) in [6.07, 6.45) is -0.423. The lowest BCUT2D eigenvalue weighted by atomic mass is 9.95. The van der Waals surface area contributed by atoms with Gasteiger partial charge in [-0.2, -0.15) is 0 Å². The van der Waals surface area contributed by atoms with Gasteiger partial charge in [0.05, 0.1) is 11.7 Å². The second-order valence-electron chi connectivity index (χ2n) is 9.14. The standard InChI is InChI=1S/C17H36O4Si/c1-12(14-17(8,18)11-13(19-9)20-14)21-22(10,15(2,3)4)16(5,6)7/h12-14,18H,11H2,1-10H3/t12-,13?,14+,17+/m0/s1. The molecule has 1 unspecified atom stereocenters. The summed E-state index contributed by atoms with van der Waals surface area (Å²) in [7, 11) is -0.501. The Morgan fingerprint density at radius 2 is 1.64 bits per heavy atom. The van der Waals surface area contributed by atoms with E-state index in [9.17, 15) is 5.11 Å². The van der Waals surface area contributed by atoms with Crippen molar-refractivity contribution in [3.63, 3.8) is 0 Å². The van der Waals surface area contributed by atoms with E-state index in [-0.39, 0.29) is 28.6 Å². The van der Waals surface area contributed by atoms with Crippen LogP contribution in [0.3, 0.4) is 0 Å². The van der Waals surface area contributed by atoms with Gasteiger partial charge in [-0.15, -0.1) is 0 Å². The van der Waals surface area contributed by atoms with Gasteiger partial charge in [0, 0.05) is 13.5 Å². The summed E-state index contributed by atoms with van der Waals surface area (Å²) in [6.45, 7) is 19.6. The van der Waals surface area contributed by atoms with Crippen LogP contribution in [0.5, 0.6) is 0 Å². The minimum Gasteiger partial charge on any atom is -0.411 e. The van der Waals surface area contributed by atoms with E-state index >= 15 is 0 Å². The largest absolute Gasteiger partial charge is 0.411 e. The summed E-state index contributed by atoms with van der Waals surface area (Å²) in [5.74, 6) is 0. The summed E-state index contributed by atoms with van der Waals surface area (Å²) in [5, 5.41) is 10.8.